The van der Waals surface area contributed by atoms with Crippen LogP contribution in [0.1, 0.15) is 37.6 Å². The summed E-state index contributed by atoms with van der Waals surface area (Å²) in [6.45, 7) is 5.45. The highest BCUT2D eigenvalue weighted by molar-refractivity contribution is 5.89. The molecule has 1 heterocycles. The van der Waals surface area contributed by atoms with Crippen LogP contribution in [0.4, 0.5) is 10.5 Å². The lowest BCUT2D eigenvalue weighted by molar-refractivity contribution is 0.0577. The van der Waals surface area contributed by atoms with Crippen LogP contribution in [0.25, 0.3) is 5.69 Å². The molecule has 0 aliphatic rings. The first-order valence-electron chi connectivity index (χ1n) is 9.35. The zero-order valence-electron chi connectivity index (χ0n) is 17.0. The molecule has 7 heteroatoms. The summed E-state index contributed by atoms with van der Waals surface area (Å²) in [5.74, 6) is 0. The first-order chi connectivity index (χ1) is 14.3. The summed E-state index contributed by atoms with van der Waals surface area (Å²) in [6.07, 6.45) is 0.873. The van der Waals surface area contributed by atoms with Gasteiger partial charge in [0.1, 0.15) is 17.4 Å². The Morgan fingerprint density at radius 1 is 1.10 bits per heavy atom. The largest absolute Gasteiger partial charge is 0.443 e. The number of benzene rings is 2. The number of amides is 1. The van der Waals surface area contributed by atoms with Gasteiger partial charge in [0, 0.05) is 0 Å². The molecule has 0 atom stereocenters. The quantitative estimate of drug-likeness (QED) is 0.641. The van der Waals surface area contributed by atoms with Crippen LogP contribution in [0.15, 0.2) is 60.8 Å². The van der Waals surface area contributed by atoms with Gasteiger partial charge in [0.25, 0.3) is 0 Å². The molecule has 0 unspecified atom stereocenters. The van der Waals surface area contributed by atoms with Crippen molar-refractivity contribution in [1.29, 1.82) is 10.5 Å². The standard InChI is InChI=1S/C23H21N5O2/c1-23(2,3)30-22(29)27(16-18-9-7-8-17(12-18)13-24)21-15-26-28(20(21)14-25)19-10-5-4-6-11-19/h4-12,15H,16H2,1-3H3. The topological polar surface area (TPSA) is 94.9 Å². The van der Waals surface area contributed by atoms with Gasteiger partial charge in [-0.05, 0) is 50.6 Å². The van der Waals surface area contributed by atoms with Crippen molar-refractivity contribution in [2.75, 3.05) is 4.90 Å². The highest BCUT2D eigenvalue weighted by Crippen LogP contribution is 2.26. The number of nitriles is 2. The van der Waals surface area contributed by atoms with Gasteiger partial charge in [0.15, 0.2) is 5.69 Å². The fourth-order valence-electron chi connectivity index (χ4n) is 2.89. The second-order valence-corrected chi connectivity index (χ2v) is 7.62. The van der Waals surface area contributed by atoms with E-state index in [1.54, 1.807) is 39.0 Å². The molecule has 0 spiro atoms. The number of carbonyl (C=O) groups is 1. The van der Waals surface area contributed by atoms with Crippen LogP contribution >= 0.6 is 0 Å². The maximum atomic E-state index is 13.0. The van der Waals surface area contributed by atoms with Gasteiger partial charge in [0.05, 0.1) is 30.1 Å². The van der Waals surface area contributed by atoms with Crippen LogP contribution in [0.2, 0.25) is 0 Å². The lowest BCUT2D eigenvalue weighted by atomic mass is 10.1. The fraction of sp³-hybridized carbons (Fsp3) is 0.217. The van der Waals surface area contributed by atoms with Crippen molar-refractivity contribution in [3.05, 3.63) is 77.6 Å². The summed E-state index contributed by atoms with van der Waals surface area (Å²) >= 11 is 0. The molecule has 0 aliphatic carbocycles. The third-order valence-electron chi connectivity index (χ3n) is 4.16. The molecular weight excluding hydrogens is 378 g/mol. The third-order valence-corrected chi connectivity index (χ3v) is 4.16. The molecule has 0 bridgehead atoms. The number of rotatable bonds is 4. The van der Waals surface area contributed by atoms with Crippen molar-refractivity contribution < 1.29 is 9.53 Å². The Balaban J connectivity index is 2.06. The fourth-order valence-corrected chi connectivity index (χ4v) is 2.89. The average Bonchev–Trinajstić information content (AvgIpc) is 3.15. The molecule has 0 radical (unpaired) electrons. The minimum Gasteiger partial charge on any atom is -0.443 e. The third kappa shape index (κ3) is 4.65. The van der Waals surface area contributed by atoms with E-state index in [4.69, 9.17) is 4.74 Å². The van der Waals surface area contributed by atoms with E-state index in [2.05, 4.69) is 17.2 Å². The molecule has 3 aromatic rings. The maximum Gasteiger partial charge on any atom is 0.415 e. The minimum atomic E-state index is -0.716. The Labute approximate surface area is 175 Å². The van der Waals surface area contributed by atoms with Crippen molar-refractivity contribution in [2.24, 2.45) is 0 Å². The molecule has 0 saturated carbocycles. The second kappa shape index (κ2) is 8.50. The van der Waals surface area contributed by atoms with Gasteiger partial charge in [-0.15, -0.1) is 0 Å². The molecular formula is C23H21N5O2. The Kier molecular flexibility index (Phi) is 5.85. The molecule has 0 aliphatic heterocycles. The van der Waals surface area contributed by atoms with E-state index in [0.717, 1.165) is 5.56 Å². The summed E-state index contributed by atoms with van der Waals surface area (Å²) in [5.41, 5.74) is 1.75. The summed E-state index contributed by atoms with van der Waals surface area (Å²) in [5, 5.41) is 23.3. The highest BCUT2D eigenvalue weighted by atomic mass is 16.6. The molecule has 2 aromatic carbocycles. The number of para-hydroxylation sites is 1. The monoisotopic (exact) mass is 399 g/mol. The molecule has 150 valence electrons. The van der Waals surface area contributed by atoms with Crippen LogP contribution in [-0.4, -0.2) is 21.5 Å². The summed E-state index contributed by atoms with van der Waals surface area (Å²) in [7, 11) is 0. The van der Waals surface area contributed by atoms with Gasteiger partial charge in [-0.3, -0.25) is 4.90 Å². The van der Waals surface area contributed by atoms with Gasteiger partial charge < -0.3 is 4.74 Å². The average molecular weight is 399 g/mol. The van der Waals surface area contributed by atoms with Gasteiger partial charge in [-0.2, -0.15) is 15.6 Å². The normalized spacial score (nSPS) is 10.7. The van der Waals surface area contributed by atoms with Crippen molar-refractivity contribution >= 4 is 11.8 Å². The maximum absolute atomic E-state index is 13.0. The minimum absolute atomic E-state index is 0.125. The van der Waals surface area contributed by atoms with E-state index in [-0.39, 0.29) is 12.2 Å². The Bertz CT molecular complexity index is 1130. The smallest absolute Gasteiger partial charge is 0.415 e. The predicted octanol–water partition coefficient (Wildman–Crippen LogP) is 4.56. The first kappa shape index (κ1) is 20.6. The molecule has 3 rings (SSSR count). The lowest BCUT2D eigenvalue weighted by Crippen LogP contribution is -2.36. The van der Waals surface area contributed by atoms with Crippen molar-refractivity contribution in [3.63, 3.8) is 0 Å². The van der Waals surface area contributed by atoms with Crippen LogP contribution in [0.3, 0.4) is 0 Å². The number of hydrogen-bond acceptors (Lipinski definition) is 5. The molecule has 0 N–H and O–H groups in total. The summed E-state index contributed by atoms with van der Waals surface area (Å²) in [6, 6.07) is 20.4. The number of nitrogens with zero attached hydrogens (tertiary/aromatic N) is 5. The van der Waals surface area contributed by atoms with Crippen molar-refractivity contribution in [1.82, 2.24) is 9.78 Å². The molecule has 0 saturated heterocycles. The molecule has 1 amide bonds. The Hall–Kier alpha value is -4.10. The zero-order chi connectivity index (χ0) is 21.7. The van der Waals surface area contributed by atoms with Gasteiger partial charge in [-0.25, -0.2) is 9.48 Å². The van der Waals surface area contributed by atoms with E-state index in [0.29, 0.717) is 16.9 Å². The Morgan fingerprint density at radius 3 is 2.47 bits per heavy atom. The number of anilines is 1. The molecule has 7 nitrogen and oxygen atoms in total. The second-order valence-electron chi connectivity index (χ2n) is 7.62. The molecule has 0 fully saturated rings. The van der Waals surface area contributed by atoms with Crippen molar-refractivity contribution in [2.45, 2.75) is 32.9 Å². The van der Waals surface area contributed by atoms with Crippen molar-refractivity contribution in [3.8, 4) is 17.8 Å². The highest BCUT2D eigenvalue weighted by Gasteiger charge is 2.28. The van der Waals surface area contributed by atoms with Gasteiger partial charge in [0.2, 0.25) is 0 Å². The predicted molar refractivity (Wildman–Crippen MR) is 112 cm³/mol. The number of aromatic nitrogens is 2. The van der Waals surface area contributed by atoms with E-state index in [1.165, 1.54) is 15.8 Å². The number of hydrogen-bond donors (Lipinski definition) is 0. The Morgan fingerprint density at radius 2 is 1.83 bits per heavy atom. The van der Waals surface area contributed by atoms with E-state index in [1.807, 2.05) is 36.4 Å². The van der Waals surface area contributed by atoms with Crippen LogP contribution in [0, 0.1) is 22.7 Å². The van der Waals surface area contributed by atoms with E-state index < -0.39 is 11.7 Å². The first-order valence-corrected chi connectivity index (χ1v) is 9.35. The summed E-state index contributed by atoms with van der Waals surface area (Å²) in [4.78, 5) is 14.4. The zero-order valence-corrected chi connectivity index (χ0v) is 17.0. The van der Waals surface area contributed by atoms with Crippen LogP contribution < -0.4 is 4.90 Å². The lowest BCUT2D eigenvalue weighted by Gasteiger charge is -2.27. The van der Waals surface area contributed by atoms with Gasteiger partial charge >= 0.3 is 6.09 Å². The van der Waals surface area contributed by atoms with Crippen LogP contribution in [-0.2, 0) is 11.3 Å². The van der Waals surface area contributed by atoms with E-state index >= 15 is 0 Å². The molecule has 30 heavy (non-hydrogen) atoms. The number of carbonyl (C=O) groups excluding carboxylic acids is 1. The SMILES string of the molecule is CC(C)(C)OC(=O)N(Cc1cccc(C#N)c1)c1cnn(-c2ccccc2)c1C#N. The number of ether oxygens (including phenoxy) is 1. The van der Waals surface area contributed by atoms with Crippen LogP contribution in [0.5, 0.6) is 0 Å². The molecule has 1 aromatic heterocycles. The van der Waals surface area contributed by atoms with Gasteiger partial charge in [-0.1, -0.05) is 30.3 Å². The van der Waals surface area contributed by atoms with E-state index in [9.17, 15) is 15.3 Å². The summed E-state index contributed by atoms with van der Waals surface area (Å²) < 4.78 is 7.06.